The molecule has 4 rings (SSSR count). The normalized spacial score (nSPS) is 15.2. The second kappa shape index (κ2) is 6.85. The third-order valence-corrected chi connectivity index (χ3v) is 5.31. The van der Waals surface area contributed by atoms with E-state index < -0.39 is 4.92 Å². The molecule has 0 saturated carbocycles. The Hall–Kier alpha value is -2.78. The van der Waals surface area contributed by atoms with E-state index in [1.165, 1.54) is 23.5 Å². The maximum Gasteiger partial charge on any atom is 0.270 e. The van der Waals surface area contributed by atoms with Crippen LogP contribution in [0.25, 0.3) is 21.3 Å². The number of nitrogens with zero attached hydrogens (tertiary/aromatic N) is 3. The van der Waals surface area contributed by atoms with Crippen molar-refractivity contribution in [1.82, 2.24) is 15.3 Å². The standard InChI is InChI=1S/C17H17N5O3S/c23-15-14-13(11-3-1-4-12(9-11)22(24)25)10-26-16(14)20-17(19-15)21-7-2-5-18-6-8-21/h1,3-4,9-10,18H,2,5-8H2,(H,19,20,23). The lowest BCUT2D eigenvalue weighted by molar-refractivity contribution is -0.384. The number of rotatable bonds is 3. The van der Waals surface area contributed by atoms with Gasteiger partial charge in [-0.05, 0) is 18.5 Å². The molecule has 0 unspecified atom stereocenters. The van der Waals surface area contributed by atoms with Crippen molar-refractivity contribution >= 4 is 33.2 Å². The number of nitro benzene ring substituents is 1. The first kappa shape index (κ1) is 16.7. The minimum atomic E-state index is -0.438. The fraction of sp³-hybridized carbons (Fsp3) is 0.294. The van der Waals surface area contributed by atoms with Gasteiger partial charge < -0.3 is 10.2 Å². The summed E-state index contributed by atoms with van der Waals surface area (Å²) in [5.41, 5.74) is 1.10. The van der Waals surface area contributed by atoms with Crippen LogP contribution in [0.15, 0.2) is 34.4 Å². The van der Waals surface area contributed by atoms with Gasteiger partial charge in [-0.25, -0.2) is 4.98 Å². The molecule has 9 heteroatoms. The molecule has 0 aliphatic carbocycles. The molecule has 3 aromatic rings. The van der Waals surface area contributed by atoms with Gasteiger partial charge in [0.25, 0.3) is 11.2 Å². The number of anilines is 1. The van der Waals surface area contributed by atoms with E-state index in [1.807, 2.05) is 5.38 Å². The predicted molar refractivity (Wildman–Crippen MR) is 102 cm³/mol. The third kappa shape index (κ3) is 3.06. The van der Waals surface area contributed by atoms with Gasteiger partial charge in [0, 0.05) is 42.7 Å². The molecule has 0 atom stereocenters. The number of hydrogen-bond donors (Lipinski definition) is 2. The summed E-state index contributed by atoms with van der Waals surface area (Å²) in [6.07, 6.45) is 0.991. The Balaban J connectivity index is 1.78. The molecule has 0 amide bonds. The minimum Gasteiger partial charge on any atom is -0.341 e. The molecule has 1 fully saturated rings. The maximum absolute atomic E-state index is 12.7. The Morgan fingerprint density at radius 1 is 1.27 bits per heavy atom. The highest BCUT2D eigenvalue weighted by atomic mass is 32.1. The SMILES string of the molecule is O=c1[nH]c(N2CCCNCC2)nc2scc(-c3cccc([N+](=O)[O-])c3)c12. The Morgan fingerprint density at radius 2 is 2.15 bits per heavy atom. The first-order valence-corrected chi connectivity index (χ1v) is 9.23. The van der Waals surface area contributed by atoms with Gasteiger partial charge in [0.15, 0.2) is 0 Å². The summed E-state index contributed by atoms with van der Waals surface area (Å²) in [4.78, 5) is 33.6. The fourth-order valence-corrected chi connectivity index (χ4v) is 4.09. The first-order valence-electron chi connectivity index (χ1n) is 8.35. The molecule has 0 spiro atoms. The smallest absolute Gasteiger partial charge is 0.270 e. The van der Waals surface area contributed by atoms with Crippen LogP contribution in [0, 0.1) is 10.1 Å². The second-order valence-electron chi connectivity index (χ2n) is 6.12. The molecule has 1 aliphatic heterocycles. The van der Waals surface area contributed by atoms with Gasteiger partial charge in [-0.15, -0.1) is 11.3 Å². The zero-order chi connectivity index (χ0) is 18.1. The van der Waals surface area contributed by atoms with Crippen molar-refractivity contribution in [2.24, 2.45) is 0 Å². The largest absolute Gasteiger partial charge is 0.341 e. The minimum absolute atomic E-state index is 0.0000698. The van der Waals surface area contributed by atoms with Crippen molar-refractivity contribution in [2.45, 2.75) is 6.42 Å². The molecular formula is C17H17N5O3S. The van der Waals surface area contributed by atoms with Crippen molar-refractivity contribution in [3.63, 3.8) is 0 Å². The lowest BCUT2D eigenvalue weighted by Gasteiger charge is -2.20. The van der Waals surface area contributed by atoms with E-state index in [-0.39, 0.29) is 11.2 Å². The topological polar surface area (TPSA) is 104 Å². The highest BCUT2D eigenvalue weighted by Crippen LogP contribution is 2.33. The third-order valence-electron chi connectivity index (χ3n) is 4.44. The van der Waals surface area contributed by atoms with Gasteiger partial charge in [0.2, 0.25) is 5.95 Å². The highest BCUT2D eigenvalue weighted by molar-refractivity contribution is 7.17. The second-order valence-corrected chi connectivity index (χ2v) is 6.98. The van der Waals surface area contributed by atoms with Crippen molar-refractivity contribution in [1.29, 1.82) is 0 Å². The van der Waals surface area contributed by atoms with Crippen LogP contribution in [-0.2, 0) is 0 Å². The highest BCUT2D eigenvalue weighted by Gasteiger charge is 2.18. The number of hydrogen-bond acceptors (Lipinski definition) is 7. The summed E-state index contributed by atoms with van der Waals surface area (Å²) in [7, 11) is 0. The molecule has 0 bridgehead atoms. The number of non-ortho nitro benzene ring substituents is 1. The molecule has 1 aliphatic rings. The van der Waals surface area contributed by atoms with Crippen LogP contribution in [0.4, 0.5) is 11.6 Å². The molecule has 2 aromatic heterocycles. The number of benzene rings is 1. The van der Waals surface area contributed by atoms with Crippen molar-refractivity contribution in [2.75, 3.05) is 31.1 Å². The summed E-state index contributed by atoms with van der Waals surface area (Å²) >= 11 is 1.38. The Bertz CT molecular complexity index is 1020. The number of fused-ring (bicyclic) bond motifs is 1. The number of nitro groups is 1. The average molecular weight is 371 g/mol. The van der Waals surface area contributed by atoms with Crippen LogP contribution in [0.3, 0.4) is 0 Å². The zero-order valence-corrected chi connectivity index (χ0v) is 14.7. The molecule has 1 saturated heterocycles. The van der Waals surface area contributed by atoms with Gasteiger partial charge in [-0.2, -0.15) is 0 Å². The number of H-pyrrole nitrogens is 1. The summed E-state index contributed by atoms with van der Waals surface area (Å²) < 4.78 is 0. The fourth-order valence-electron chi connectivity index (χ4n) is 3.14. The van der Waals surface area contributed by atoms with Crippen LogP contribution >= 0.6 is 11.3 Å². The number of nitrogens with one attached hydrogen (secondary N) is 2. The average Bonchev–Trinajstić information content (AvgIpc) is 2.89. The van der Waals surface area contributed by atoms with E-state index in [1.54, 1.807) is 12.1 Å². The van der Waals surface area contributed by atoms with Crippen LogP contribution in [0.1, 0.15) is 6.42 Å². The lowest BCUT2D eigenvalue weighted by atomic mass is 10.1. The first-order chi connectivity index (χ1) is 12.6. The molecule has 134 valence electrons. The summed E-state index contributed by atoms with van der Waals surface area (Å²) in [6.45, 7) is 3.44. The summed E-state index contributed by atoms with van der Waals surface area (Å²) in [6, 6.07) is 6.31. The Morgan fingerprint density at radius 3 is 3.00 bits per heavy atom. The summed E-state index contributed by atoms with van der Waals surface area (Å²) in [5.74, 6) is 0.582. The molecule has 1 aromatic carbocycles. The number of aromatic nitrogens is 2. The van der Waals surface area contributed by atoms with E-state index in [0.29, 0.717) is 27.3 Å². The summed E-state index contributed by atoms with van der Waals surface area (Å²) in [5, 5.41) is 16.7. The number of thiophene rings is 1. The van der Waals surface area contributed by atoms with Crippen LogP contribution < -0.4 is 15.8 Å². The van der Waals surface area contributed by atoms with Crippen LogP contribution in [0.2, 0.25) is 0 Å². The van der Waals surface area contributed by atoms with Gasteiger partial charge in [-0.1, -0.05) is 12.1 Å². The van der Waals surface area contributed by atoms with Gasteiger partial charge in [-0.3, -0.25) is 19.9 Å². The molecule has 2 N–H and O–H groups in total. The monoisotopic (exact) mass is 371 g/mol. The van der Waals surface area contributed by atoms with E-state index in [9.17, 15) is 14.9 Å². The van der Waals surface area contributed by atoms with Crippen molar-refractivity contribution < 1.29 is 4.92 Å². The molecule has 3 heterocycles. The van der Waals surface area contributed by atoms with Crippen LogP contribution in [0.5, 0.6) is 0 Å². The quantitative estimate of drug-likeness (QED) is 0.541. The molecule has 26 heavy (non-hydrogen) atoms. The number of aromatic amines is 1. The van der Waals surface area contributed by atoms with E-state index in [4.69, 9.17) is 0 Å². The van der Waals surface area contributed by atoms with Crippen LogP contribution in [-0.4, -0.2) is 41.1 Å². The Kier molecular flexibility index (Phi) is 4.39. The molecular weight excluding hydrogens is 354 g/mol. The zero-order valence-electron chi connectivity index (χ0n) is 13.9. The molecule has 0 radical (unpaired) electrons. The Labute approximate surface area is 152 Å². The predicted octanol–water partition coefficient (Wildman–Crippen LogP) is 2.36. The van der Waals surface area contributed by atoms with E-state index in [0.717, 1.165) is 32.6 Å². The van der Waals surface area contributed by atoms with Crippen molar-refractivity contribution in [3.05, 3.63) is 50.1 Å². The van der Waals surface area contributed by atoms with Gasteiger partial charge >= 0.3 is 0 Å². The van der Waals surface area contributed by atoms with Crippen molar-refractivity contribution in [3.8, 4) is 11.1 Å². The molecule has 8 nitrogen and oxygen atoms in total. The van der Waals surface area contributed by atoms with Gasteiger partial charge in [0.05, 0.1) is 10.3 Å². The van der Waals surface area contributed by atoms with Gasteiger partial charge in [0.1, 0.15) is 4.83 Å². The maximum atomic E-state index is 12.7. The van der Waals surface area contributed by atoms with E-state index >= 15 is 0 Å². The van der Waals surface area contributed by atoms with E-state index in [2.05, 4.69) is 20.2 Å². The lowest BCUT2D eigenvalue weighted by Crippen LogP contribution is -2.31.